The van der Waals surface area contributed by atoms with E-state index in [1.165, 1.54) is 19.2 Å². The van der Waals surface area contributed by atoms with E-state index in [1.54, 1.807) is 6.07 Å². The number of carbonyl (C=O) groups is 2. The lowest BCUT2D eigenvalue weighted by Crippen LogP contribution is -2.13. The molecule has 88 valence electrons. The number of aliphatic carboxylic acids is 1. The highest BCUT2D eigenvalue weighted by Crippen LogP contribution is 2.29. The number of carbonyl (C=O) groups excluding carboxylic acids is 1. The Kier molecular flexibility index (Phi) is 3.80. The summed E-state index contributed by atoms with van der Waals surface area (Å²) in [6.07, 6.45) is -1.49. The molecular weight excluding hydrogens is 226 g/mol. The third kappa shape index (κ3) is 2.24. The van der Waals surface area contributed by atoms with Gasteiger partial charge in [0.25, 0.3) is 0 Å². The van der Waals surface area contributed by atoms with E-state index in [0.717, 1.165) is 0 Å². The molecule has 0 spiro atoms. The van der Waals surface area contributed by atoms with Crippen LogP contribution in [0.3, 0.4) is 0 Å². The van der Waals surface area contributed by atoms with Gasteiger partial charge in [-0.3, -0.25) is 4.79 Å². The van der Waals surface area contributed by atoms with Crippen molar-refractivity contribution in [3.8, 4) is 11.8 Å². The van der Waals surface area contributed by atoms with E-state index in [9.17, 15) is 14.7 Å². The highest BCUT2D eigenvalue weighted by molar-refractivity contribution is 5.87. The maximum Gasteiger partial charge on any atom is 0.337 e. The van der Waals surface area contributed by atoms with Crippen LogP contribution in [0.5, 0.6) is 5.75 Å². The van der Waals surface area contributed by atoms with Crippen LogP contribution in [0, 0.1) is 11.3 Å². The predicted molar refractivity (Wildman–Crippen MR) is 55.7 cm³/mol. The summed E-state index contributed by atoms with van der Waals surface area (Å²) in [4.78, 5) is 21.6. The van der Waals surface area contributed by atoms with Crippen molar-refractivity contribution >= 4 is 12.3 Å². The summed E-state index contributed by atoms with van der Waals surface area (Å²) >= 11 is 0. The molecule has 2 N–H and O–H groups in total. The summed E-state index contributed by atoms with van der Waals surface area (Å²) < 4.78 is 4.87. The molecule has 0 radical (unpaired) electrons. The number of carboxylic acids is 1. The quantitative estimate of drug-likeness (QED) is 0.735. The minimum absolute atomic E-state index is 0.0414. The van der Waals surface area contributed by atoms with Crippen LogP contribution in [-0.2, 0) is 4.79 Å². The number of rotatable bonds is 4. The van der Waals surface area contributed by atoms with Crippen molar-refractivity contribution in [2.45, 2.75) is 6.10 Å². The molecule has 1 aromatic rings. The molecule has 1 unspecified atom stereocenters. The molecule has 1 atom stereocenters. The first kappa shape index (κ1) is 12.7. The lowest BCUT2D eigenvalue weighted by atomic mass is 9.99. The molecule has 0 saturated heterocycles. The van der Waals surface area contributed by atoms with Gasteiger partial charge in [0.2, 0.25) is 0 Å². The van der Waals surface area contributed by atoms with Gasteiger partial charge in [0.05, 0.1) is 18.2 Å². The van der Waals surface area contributed by atoms with Gasteiger partial charge in [-0.2, -0.15) is 5.26 Å². The molecule has 6 heteroatoms. The van der Waals surface area contributed by atoms with E-state index < -0.39 is 12.1 Å². The molecule has 0 fully saturated rings. The SMILES string of the molecule is COc1c(C#N)ccc(C(O)C(=O)O)c1C=O. The number of nitriles is 1. The zero-order valence-electron chi connectivity index (χ0n) is 8.88. The van der Waals surface area contributed by atoms with Gasteiger partial charge in [-0.25, -0.2) is 4.79 Å². The van der Waals surface area contributed by atoms with Gasteiger partial charge >= 0.3 is 5.97 Å². The normalized spacial score (nSPS) is 11.4. The molecule has 17 heavy (non-hydrogen) atoms. The summed E-state index contributed by atoms with van der Waals surface area (Å²) in [5.74, 6) is -1.53. The highest BCUT2D eigenvalue weighted by Gasteiger charge is 2.23. The monoisotopic (exact) mass is 235 g/mol. The van der Waals surface area contributed by atoms with Crippen LogP contribution in [0.15, 0.2) is 12.1 Å². The van der Waals surface area contributed by atoms with Crippen molar-refractivity contribution in [2.24, 2.45) is 0 Å². The minimum atomic E-state index is -1.84. The molecule has 6 nitrogen and oxygen atoms in total. The van der Waals surface area contributed by atoms with E-state index in [-0.39, 0.29) is 22.4 Å². The summed E-state index contributed by atoms with van der Waals surface area (Å²) in [6, 6.07) is 4.30. The second kappa shape index (κ2) is 5.09. The van der Waals surface area contributed by atoms with Crippen LogP contribution < -0.4 is 4.74 Å². The number of aliphatic hydroxyl groups is 1. The number of hydrogen-bond donors (Lipinski definition) is 2. The average molecular weight is 235 g/mol. The maximum absolute atomic E-state index is 10.9. The Labute approximate surface area is 96.7 Å². The van der Waals surface area contributed by atoms with Crippen LogP contribution in [0.2, 0.25) is 0 Å². The minimum Gasteiger partial charge on any atom is -0.495 e. The number of nitrogens with zero attached hydrogens (tertiary/aromatic N) is 1. The van der Waals surface area contributed by atoms with Gasteiger partial charge in [0.1, 0.15) is 11.8 Å². The number of benzene rings is 1. The van der Waals surface area contributed by atoms with Crippen LogP contribution in [0.25, 0.3) is 0 Å². The van der Waals surface area contributed by atoms with Gasteiger partial charge in [0, 0.05) is 5.56 Å². The van der Waals surface area contributed by atoms with Gasteiger partial charge in [-0.05, 0) is 6.07 Å². The van der Waals surface area contributed by atoms with E-state index in [2.05, 4.69) is 0 Å². The van der Waals surface area contributed by atoms with Crippen molar-refractivity contribution in [3.63, 3.8) is 0 Å². The molecule has 0 aromatic heterocycles. The zero-order chi connectivity index (χ0) is 13.0. The number of hydrogen-bond acceptors (Lipinski definition) is 5. The lowest BCUT2D eigenvalue weighted by Gasteiger charge is -2.12. The first-order valence-electron chi connectivity index (χ1n) is 4.53. The Morgan fingerprint density at radius 3 is 2.65 bits per heavy atom. The summed E-state index contributed by atoms with van der Waals surface area (Å²) in [5, 5.41) is 26.9. The summed E-state index contributed by atoms with van der Waals surface area (Å²) in [6.45, 7) is 0. The lowest BCUT2D eigenvalue weighted by molar-refractivity contribution is -0.146. The zero-order valence-corrected chi connectivity index (χ0v) is 8.88. The molecule has 0 aliphatic carbocycles. The molecular formula is C11H9NO5. The molecule has 0 heterocycles. The number of methoxy groups -OCH3 is 1. The second-order valence-corrected chi connectivity index (χ2v) is 3.12. The second-order valence-electron chi connectivity index (χ2n) is 3.12. The Morgan fingerprint density at radius 2 is 2.24 bits per heavy atom. The van der Waals surface area contributed by atoms with E-state index in [1.807, 2.05) is 0 Å². The maximum atomic E-state index is 10.9. The summed E-state index contributed by atoms with van der Waals surface area (Å²) in [5.41, 5.74) is -0.152. The third-order valence-corrected chi connectivity index (χ3v) is 2.20. The molecule has 0 bridgehead atoms. The van der Waals surface area contributed by atoms with Gasteiger partial charge in [-0.15, -0.1) is 0 Å². The van der Waals surface area contributed by atoms with Crippen LogP contribution in [0.4, 0.5) is 0 Å². The van der Waals surface area contributed by atoms with Crippen LogP contribution in [0.1, 0.15) is 27.6 Å². The van der Waals surface area contributed by atoms with Crippen molar-refractivity contribution < 1.29 is 24.5 Å². The Morgan fingerprint density at radius 1 is 1.59 bits per heavy atom. The largest absolute Gasteiger partial charge is 0.495 e. The Balaban J connectivity index is 3.50. The molecule has 0 saturated carbocycles. The Hall–Kier alpha value is -2.39. The summed E-state index contributed by atoms with van der Waals surface area (Å²) in [7, 11) is 1.25. The third-order valence-electron chi connectivity index (χ3n) is 2.20. The predicted octanol–water partition coefficient (Wildman–Crippen LogP) is 0.497. The number of carboxylic acid groups (broad SMARTS) is 1. The standard InChI is InChI=1S/C11H9NO5/c1-17-10-6(4-12)2-3-7(8(10)5-13)9(14)11(15)16/h2-3,5,9,14H,1H3,(H,15,16). The van der Waals surface area contributed by atoms with Crippen molar-refractivity contribution in [1.29, 1.82) is 5.26 Å². The van der Waals surface area contributed by atoms with E-state index in [0.29, 0.717) is 6.29 Å². The molecule has 0 aliphatic heterocycles. The van der Waals surface area contributed by atoms with Crippen LogP contribution in [-0.4, -0.2) is 29.6 Å². The molecule has 1 rings (SSSR count). The van der Waals surface area contributed by atoms with Crippen molar-refractivity contribution in [2.75, 3.05) is 7.11 Å². The van der Waals surface area contributed by atoms with Gasteiger partial charge in [-0.1, -0.05) is 6.07 Å². The number of ether oxygens (including phenoxy) is 1. The number of aldehydes is 1. The fraction of sp³-hybridized carbons (Fsp3) is 0.182. The average Bonchev–Trinajstić information content (AvgIpc) is 2.35. The molecule has 1 aromatic carbocycles. The number of aliphatic hydroxyl groups excluding tert-OH is 1. The molecule has 0 amide bonds. The van der Waals surface area contributed by atoms with E-state index >= 15 is 0 Å². The molecule has 0 aliphatic rings. The Bertz CT molecular complexity index is 503. The van der Waals surface area contributed by atoms with Crippen LogP contribution >= 0.6 is 0 Å². The van der Waals surface area contributed by atoms with Crippen molar-refractivity contribution in [3.05, 3.63) is 28.8 Å². The highest BCUT2D eigenvalue weighted by atomic mass is 16.5. The smallest absolute Gasteiger partial charge is 0.337 e. The topological polar surface area (TPSA) is 108 Å². The van der Waals surface area contributed by atoms with Gasteiger partial charge < -0.3 is 14.9 Å². The van der Waals surface area contributed by atoms with Crippen molar-refractivity contribution in [1.82, 2.24) is 0 Å². The first-order valence-corrected chi connectivity index (χ1v) is 4.53. The van der Waals surface area contributed by atoms with Gasteiger partial charge in [0.15, 0.2) is 12.4 Å². The first-order chi connectivity index (χ1) is 8.06. The van der Waals surface area contributed by atoms with E-state index in [4.69, 9.17) is 15.1 Å². The fourth-order valence-electron chi connectivity index (χ4n) is 1.42. The fourth-order valence-corrected chi connectivity index (χ4v) is 1.42.